The van der Waals surface area contributed by atoms with Crippen LogP contribution in [0.5, 0.6) is 0 Å². The van der Waals surface area contributed by atoms with Crippen molar-refractivity contribution in [1.29, 1.82) is 0 Å². The molecule has 0 aliphatic rings. The Balaban J connectivity index is 2.32. The van der Waals surface area contributed by atoms with E-state index in [2.05, 4.69) is 54.9 Å². The maximum absolute atomic E-state index is 5.56. The molecule has 3 aromatic rings. The van der Waals surface area contributed by atoms with E-state index in [1.54, 1.807) is 6.26 Å². The predicted octanol–water partition coefficient (Wildman–Crippen LogP) is 3.23. The van der Waals surface area contributed by atoms with Gasteiger partial charge in [-0.05, 0) is 25.1 Å². The van der Waals surface area contributed by atoms with Crippen molar-refractivity contribution in [1.82, 2.24) is 0 Å². The number of nitrogens with zero attached hydrogens (tertiary/aromatic N) is 1. The van der Waals surface area contributed by atoms with Gasteiger partial charge >= 0.3 is 0 Å². The van der Waals surface area contributed by atoms with Gasteiger partial charge in [-0.1, -0.05) is 12.1 Å². The summed E-state index contributed by atoms with van der Waals surface area (Å²) in [5.41, 5.74) is 3.47. The minimum atomic E-state index is 0.943. The third-order valence-corrected chi connectivity index (χ3v) is 3.17. The van der Waals surface area contributed by atoms with Crippen LogP contribution in [0.25, 0.3) is 22.4 Å². The molecule has 3 rings (SSSR count). The first kappa shape index (κ1) is 10.1. The van der Waals surface area contributed by atoms with E-state index in [1.807, 2.05) is 6.07 Å². The molecule has 2 heterocycles. The molecule has 84 valence electrons. The lowest BCUT2D eigenvalue weighted by molar-refractivity contribution is -0.634. The van der Waals surface area contributed by atoms with E-state index < -0.39 is 0 Å². The third kappa shape index (κ3) is 1.53. The molecule has 0 saturated carbocycles. The summed E-state index contributed by atoms with van der Waals surface area (Å²) >= 11 is 0. The highest BCUT2D eigenvalue weighted by Gasteiger charge is 2.17. The molecular formula is C15H14NO+. The van der Waals surface area contributed by atoms with Crippen LogP contribution in [-0.4, -0.2) is 0 Å². The quantitative estimate of drug-likeness (QED) is 0.580. The highest BCUT2D eigenvalue weighted by Crippen LogP contribution is 2.22. The Bertz CT molecular complexity index is 682. The zero-order valence-electron chi connectivity index (χ0n) is 9.97. The van der Waals surface area contributed by atoms with E-state index in [4.69, 9.17) is 4.42 Å². The monoisotopic (exact) mass is 224 g/mol. The topological polar surface area (TPSA) is 17.0 Å². The summed E-state index contributed by atoms with van der Waals surface area (Å²) in [7, 11) is 2.07. The molecule has 0 aliphatic heterocycles. The summed E-state index contributed by atoms with van der Waals surface area (Å²) in [4.78, 5) is 0. The molecule has 0 unspecified atom stereocenters. The van der Waals surface area contributed by atoms with E-state index in [0.717, 1.165) is 17.0 Å². The van der Waals surface area contributed by atoms with E-state index in [1.165, 1.54) is 10.9 Å². The van der Waals surface area contributed by atoms with Crippen LogP contribution in [-0.2, 0) is 7.05 Å². The largest absolute Gasteiger partial charge is 0.458 e. The van der Waals surface area contributed by atoms with Crippen LogP contribution < -0.4 is 4.57 Å². The normalized spacial score (nSPS) is 10.9. The van der Waals surface area contributed by atoms with Crippen LogP contribution in [0.1, 0.15) is 5.56 Å². The number of hydrogen-bond donors (Lipinski definition) is 0. The number of rotatable bonds is 1. The molecule has 0 aliphatic carbocycles. The van der Waals surface area contributed by atoms with Gasteiger partial charge in [-0.25, -0.2) is 0 Å². The number of aryl methyl sites for hydroxylation is 2. The summed E-state index contributed by atoms with van der Waals surface area (Å²) in [5.74, 6) is 0.943. The van der Waals surface area contributed by atoms with Crippen LogP contribution in [0.2, 0.25) is 0 Å². The van der Waals surface area contributed by atoms with Crippen molar-refractivity contribution in [2.24, 2.45) is 7.05 Å². The molecule has 0 atom stereocenters. The van der Waals surface area contributed by atoms with E-state index in [0.29, 0.717) is 0 Å². The molecule has 17 heavy (non-hydrogen) atoms. The van der Waals surface area contributed by atoms with Gasteiger partial charge < -0.3 is 4.42 Å². The molecule has 0 radical (unpaired) electrons. The van der Waals surface area contributed by atoms with Crippen molar-refractivity contribution in [3.63, 3.8) is 0 Å². The molecule has 0 N–H and O–H groups in total. The molecule has 2 aromatic heterocycles. The Kier molecular flexibility index (Phi) is 2.22. The van der Waals surface area contributed by atoms with Crippen LogP contribution in [0.3, 0.4) is 0 Å². The van der Waals surface area contributed by atoms with Crippen LogP contribution >= 0.6 is 0 Å². The Hall–Kier alpha value is -2.09. The second kappa shape index (κ2) is 3.74. The molecule has 0 fully saturated rings. The molecular weight excluding hydrogens is 210 g/mol. The summed E-state index contributed by atoms with van der Waals surface area (Å²) < 4.78 is 7.73. The highest BCUT2D eigenvalue weighted by atomic mass is 16.3. The number of furan rings is 1. The van der Waals surface area contributed by atoms with Crippen molar-refractivity contribution in [3.8, 4) is 11.5 Å². The lowest BCUT2D eigenvalue weighted by atomic mass is 10.1. The van der Waals surface area contributed by atoms with Gasteiger partial charge in [-0.15, -0.1) is 0 Å². The highest BCUT2D eigenvalue weighted by molar-refractivity contribution is 5.77. The van der Waals surface area contributed by atoms with Crippen molar-refractivity contribution in [2.45, 2.75) is 6.92 Å². The fourth-order valence-corrected chi connectivity index (χ4v) is 2.21. The Morgan fingerprint density at radius 1 is 1.00 bits per heavy atom. The lowest BCUT2D eigenvalue weighted by Gasteiger charge is -2.01. The molecule has 0 bridgehead atoms. The van der Waals surface area contributed by atoms with Gasteiger partial charge in [0.05, 0.1) is 6.26 Å². The van der Waals surface area contributed by atoms with Crippen molar-refractivity contribution < 1.29 is 8.98 Å². The van der Waals surface area contributed by atoms with Crippen LogP contribution in [0, 0.1) is 6.92 Å². The Labute approximate surface area is 100 Å². The SMILES string of the molecule is Cc1ccoc1-c1ccc2ccccc2[n+]1C. The molecule has 0 amide bonds. The maximum atomic E-state index is 5.56. The van der Waals surface area contributed by atoms with Crippen LogP contribution in [0.4, 0.5) is 0 Å². The fraction of sp³-hybridized carbons (Fsp3) is 0.133. The predicted molar refractivity (Wildman–Crippen MR) is 67.6 cm³/mol. The van der Waals surface area contributed by atoms with Crippen LogP contribution in [0.15, 0.2) is 53.1 Å². The zero-order chi connectivity index (χ0) is 11.8. The minimum Gasteiger partial charge on any atom is -0.458 e. The number of benzene rings is 1. The molecule has 2 heteroatoms. The number of hydrogen-bond acceptors (Lipinski definition) is 1. The second-order valence-corrected chi connectivity index (χ2v) is 4.27. The average Bonchev–Trinajstić information content (AvgIpc) is 2.76. The number of aromatic nitrogens is 1. The van der Waals surface area contributed by atoms with Gasteiger partial charge in [0.15, 0.2) is 0 Å². The van der Waals surface area contributed by atoms with Crippen molar-refractivity contribution in [2.75, 3.05) is 0 Å². The summed E-state index contributed by atoms with van der Waals surface area (Å²) in [6, 6.07) is 14.6. The third-order valence-electron chi connectivity index (χ3n) is 3.17. The van der Waals surface area contributed by atoms with E-state index in [9.17, 15) is 0 Å². The number of fused-ring (bicyclic) bond motifs is 1. The molecule has 1 aromatic carbocycles. The van der Waals surface area contributed by atoms with Gasteiger partial charge in [0.1, 0.15) is 7.05 Å². The minimum absolute atomic E-state index is 0.943. The van der Waals surface area contributed by atoms with Crippen molar-refractivity contribution >= 4 is 10.9 Å². The Morgan fingerprint density at radius 3 is 2.59 bits per heavy atom. The smallest absolute Gasteiger partial charge is 0.248 e. The summed E-state index contributed by atoms with van der Waals surface area (Å²) in [6.07, 6.45) is 1.74. The van der Waals surface area contributed by atoms with E-state index in [-0.39, 0.29) is 0 Å². The zero-order valence-corrected chi connectivity index (χ0v) is 9.97. The lowest BCUT2D eigenvalue weighted by Crippen LogP contribution is -2.31. The standard InChI is InChI=1S/C15H14NO/c1-11-9-10-17-15(11)14-8-7-12-5-3-4-6-13(12)16(14)2/h3-10H,1-2H3/q+1. The molecule has 0 saturated heterocycles. The van der Waals surface area contributed by atoms with Gasteiger partial charge in [-0.3, -0.25) is 0 Å². The average molecular weight is 224 g/mol. The van der Waals surface area contributed by atoms with E-state index >= 15 is 0 Å². The number of pyridine rings is 1. The fourth-order valence-electron chi connectivity index (χ4n) is 2.21. The van der Waals surface area contributed by atoms with Gasteiger partial charge in [0, 0.05) is 23.1 Å². The number of para-hydroxylation sites is 1. The molecule has 0 spiro atoms. The second-order valence-electron chi connectivity index (χ2n) is 4.27. The first-order chi connectivity index (χ1) is 8.27. The van der Waals surface area contributed by atoms with Gasteiger partial charge in [0.2, 0.25) is 17.0 Å². The Morgan fingerprint density at radius 2 is 1.82 bits per heavy atom. The first-order valence-electron chi connectivity index (χ1n) is 5.69. The first-order valence-corrected chi connectivity index (χ1v) is 5.69. The van der Waals surface area contributed by atoms with Crippen molar-refractivity contribution in [3.05, 3.63) is 54.3 Å². The van der Waals surface area contributed by atoms with Gasteiger partial charge in [0.25, 0.3) is 0 Å². The summed E-state index contributed by atoms with van der Waals surface area (Å²) in [6.45, 7) is 2.06. The maximum Gasteiger partial charge on any atom is 0.248 e. The van der Waals surface area contributed by atoms with Gasteiger partial charge in [-0.2, -0.15) is 4.57 Å². The summed E-state index contributed by atoms with van der Waals surface area (Å²) in [5, 5.41) is 1.24. The molecule has 2 nitrogen and oxygen atoms in total.